The number of amides is 1. The molecule has 9 heteroatoms. The summed E-state index contributed by atoms with van der Waals surface area (Å²) in [4.78, 5) is 18.4. The average molecular weight is 473 g/mol. The van der Waals surface area contributed by atoms with Crippen LogP contribution in [0.25, 0.3) is 11.0 Å². The van der Waals surface area contributed by atoms with Crippen molar-refractivity contribution in [2.45, 2.75) is 41.9 Å². The van der Waals surface area contributed by atoms with Crippen LogP contribution in [-0.4, -0.2) is 47.5 Å². The minimum absolute atomic E-state index is 0.0812. The molecular formula is C23H28N4O3S2. The van der Waals surface area contributed by atoms with E-state index >= 15 is 0 Å². The Bertz CT molecular complexity index is 1210. The van der Waals surface area contributed by atoms with Gasteiger partial charge in [0, 0.05) is 43.6 Å². The largest absolute Gasteiger partial charge is 0.331 e. The Morgan fingerprint density at radius 2 is 1.81 bits per heavy atom. The number of thioether (sulfide) groups is 1. The fourth-order valence-electron chi connectivity index (χ4n) is 3.99. The molecule has 1 aliphatic heterocycles. The minimum atomic E-state index is -3.50. The highest BCUT2D eigenvalue weighted by molar-refractivity contribution is 7.98. The standard InChI is InChI=1S/C23H28N4O3S2/c1-26-21-11-10-19(32(29,30)27-14-4-3-5-15-27)16-20(21)25-22(26)12-13-23(28)24-17-6-8-18(31-2)9-7-17/h6-11,16H,3-5,12-15H2,1-2H3,(H,24,28). The molecule has 0 bridgehead atoms. The molecule has 32 heavy (non-hydrogen) atoms. The number of carbonyl (C=O) groups is 1. The summed E-state index contributed by atoms with van der Waals surface area (Å²) in [6, 6.07) is 12.8. The predicted molar refractivity (Wildman–Crippen MR) is 128 cm³/mol. The van der Waals surface area contributed by atoms with Gasteiger partial charge in [-0.1, -0.05) is 6.42 Å². The van der Waals surface area contributed by atoms with E-state index in [2.05, 4.69) is 10.3 Å². The molecule has 1 aromatic heterocycles. The van der Waals surface area contributed by atoms with Gasteiger partial charge in [0.05, 0.1) is 15.9 Å². The number of nitrogens with zero attached hydrogens (tertiary/aromatic N) is 3. The normalized spacial score (nSPS) is 15.2. The second-order valence-electron chi connectivity index (χ2n) is 7.98. The van der Waals surface area contributed by atoms with Crippen molar-refractivity contribution < 1.29 is 13.2 Å². The number of piperidine rings is 1. The Morgan fingerprint density at radius 1 is 1.09 bits per heavy atom. The number of imidazole rings is 1. The van der Waals surface area contributed by atoms with Crippen molar-refractivity contribution in [3.8, 4) is 0 Å². The van der Waals surface area contributed by atoms with Gasteiger partial charge >= 0.3 is 0 Å². The monoisotopic (exact) mass is 472 g/mol. The number of rotatable bonds is 7. The second kappa shape index (κ2) is 9.64. The van der Waals surface area contributed by atoms with Gasteiger partial charge in [-0.05, 0) is 61.6 Å². The number of fused-ring (bicyclic) bond motifs is 1. The van der Waals surface area contributed by atoms with E-state index in [1.165, 1.54) is 0 Å². The molecule has 2 heterocycles. The first-order valence-electron chi connectivity index (χ1n) is 10.8. The highest BCUT2D eigenvalue weighted by Crippen LogP contribution is 2.25. The summed E-state index contributed by atoms with van der Waals surface area (Å²) in [7, 11) is -1.61. The zero-order chi connectivity index (χ0) is 22.7. The van der Waals surface area contributed by atoms with Gasteiger partial charge in [0.1, 0.15) is 5.82 Å². The molecule has 1 N–H and O–H groups in total. The third-order valence-electron chi connectivity index (χ3n) is 5.85. The summed E-state index contributed by atoms with van der Waals surface area (Å²) >= 11 is 1.65. The average Bonchev–Trinajstić information content (AvgIpc) is 3.13. The molecule has 0 radical (unpaired) electrons. The van der Waals surface area contributed by atoms with Crippen LogP contribution in [0, 0.1) is 0 Å². The molecule has 0 spiro atoms. The Kier molecular flexibility index (Phi) is 6.88. The van der Waals surface area contributed by atoms with Gasteiger partial charge in [0.25, 0.3) is 0 Å². The Hall–Kier alpha value is -2.36. The lowest BCUT2D eigenvalue weighted by molar-refractivity contribution is -0.116. The van der Waals surface area contributed by atoms with Gasteiger partial charge in [0.2, 0.25) is 15.9 Å². The van der Waals surface area contributed by atoms with Crippen molar-refractivity contribution in [3.63, 3.8) is 0 Å². The van der Waals surface area contributed by atoms with Crippen LogP contribution in [-0.2, 0) is 28.3 Å². The quantitative estimate of drug-likeness (QED) is 0.525. The molecule has 0 atom stereocenters. The molecule has 2 aromatic carbocycles. The van der Waals surface area contributed by atoms with E-state index in [4.69, 9.17) is 0 Å². The highest BCUT2D eigenvalue weighted by Gasteiger charge is 2.26. The number of hydrogen-bond acceptors (Lipinski definition) is 5. The topological polar surface area (TPSA) is 84.3 Å². The number of aromatic nitrogens is 2. The third-order valence-corrected chi connectivity index (χ3v) is 8.49. The van der Waals surface area contributed by atoms with E-state index in [1.54, 1.807) is 34.3 Å². The van der Waals surface area contributed by atoms with Gasteiger partial charge in [0.15, 0.2) is 0 Å². The number of benzene rings is 2. The second-order valence-corrected chi connectivity index (χ2v) is 10.8. The lowest BCUT2D eigenvalue weighted by Crippen LogP contribution is -2.35. The molecule has 3 aromatic rings. The molecule has 1 fully saturated rings. The molecule has 170 valence electrons. The van der Waals surface area contributed by atoms with Gasteiger partial charge < -0.3 is 9.88 Å². The summed E-state index contributed by atoms with van der Waals surface area (Å²) in [5, 5.41) is 2.91. The van der Waals surface area contributed by atoms with Gasteiger partial charge in [-0.15, -0.1) is 11.8 Å². The highest BCUT2D eigenvalue weighted by atomic mass is 32.2. The van der Waals surface area contributed by atoms with Crippen LogP contribution in [0.3, 0.4) is 0 Å². The van der Waals surface area contributed by atoms with Crippen LogP contribution >= 0.6 is 11.8 Å². The minimum Gasteiger partial charge on any atom is -0.331 e. The third kappa shape index (κ3) is 4.84. The number of carbonyl (C=O) groups excluding carboxylic acids is 1. The van der Waals surface area contributed by atoms with Crippen molar-refractivity contribution in [2.24, 2.45) is 7.05 Å². The van der Waals surface area contributed by atoms with E-state index in [9.17, 15) is 13.2 Å². The summed E-state index contributed by atoms with van der Waals surface area (Å²) in [6.07, 6.45) is 5.65. The Morgan fingerprint density at radius 3 is 2.50 bits per heavy atom. The van der Waals surface area contributed by atoms with E-state index in [0.29, 0.717) is 31.4 Å². The molecule has 0 unspecified atom stereocenters. The first-order chi connectivity index (χ1) is 15.4. The summed E-state index contributed by atoms with van der Waals surface area (Å²) in [6.45, 7) is 1.14. The summed E-state index contributed by atoms with van der Waals surface area (Å²) < 4.78 is 29.5. The molecule has 1 saturated heterocycles. The van der Waals surface area contributed by atoms with Crippen LogP contribution in [0.1, 0.15) is 31.5 Å². The van der Waals surface area contributed by atoms with Crippen LogP contribution in [0.4, 0.5) is 5.69 Å². The maximum absolute atomic E-state index is 13.0. The van der Waals surface area contributed by atoms with Gasteiger partial charge in [-0.3, -0.25) is 4.79 Å². The van der Waals surface area contributed by atoms with Gasteiger partial charge in [-0.2, -0.15) is 4.31 Å². The van der Waals surface area contributed by atoms with Crippen molar-refractivity contribution >= 4 is 44.4 Å². The predicted octanol–water partition coefficient (Wildman–Crippen LogP) is 4.04. The maximum atomic E-state index is 13.0. The molecule has 0 saturated carbocycles. The molecule has 7 nitrogen and oxygen atoms in total. The van der Waals surface area contributed by atoms with Crippen LogP contribution < -0.4 is 5.32 Å². The SMILES string of the molecule is CSc1ccc(NC(=O)CCc2nc3cc(S(=O)(=O)N4CCCCC4)ccc3n2C)cc1. The molecule has 0 aliphatic carbocycles. The zero-order valence-electron chi connectivity index (χ0n) is 18.4. The first-order valence-corrected chi connectivity index (χ1v) is 13.4. The van der Waals surface area contributed by atoms with Crippen LogP contribution in [0.5, 0.6) is 0 Å². The number of anilines is 1. The lowest BCUT2D eigenvalue weighted by atomic mass is 10.2. The number of nitrogens with one attached hydrogen (secondary N) is 1. The Labute approximate surface area is 193 Å². The summed E-state index contributed by atoms with van der Waals surface area (Å²) in [5.74, 6) is 0.669. The number of hydrogen-bond donors (Lipinski definition) is 1. The molecular weight excluding hydrogens is 444 g/mol. The lowest BCUT2D eigenvalue weighted by Gasteiger charge is -2.25. The smallest absolute Gasteiger partial charge is 0.243 e. The van der Waals surface area contributed by atoms with Crippen LogP contribution in [0.2, 0.25) is 0 Å². The molecule has 1 amide bonds. The molecule has 1 aliphatic rings. The maximum Gasteiger partial charge on any atom is 0.243 e. The molecule has 4 rings (SSSR count). The van der Waals surface area contributed by atoms with E-state index < -0.39 is 10.0 Å². The van der Waals surface area contributed by atoms with Crippen molar-refractivity contribution in [2.75, 3.05) is 24.7 Å². The van der Waals surface area contributed by atoms with Crippen molar-refractivity contribution in [3.05, 3.63) is 48.3 Å². The van der Waals surface area contributed by atoms with Crippen LogP contribution in [0.15, 0.2) is 52.3 Å². The zero-order valence-corrected chi connectivity index (χ0v) is 20.0. The fourth-order valence-corrected chi connectivity index (χ4v) is 5.94. The van der Waals surface area contributed by atoms with E-state index in [0.717, 1.165) is 41.2 Å². The van der Waals surface area contributed by atoms with Crippen molar-refractivity contribution in [1.82, 2.24) is 13.9 Å². The van der Waals surface area contributed by atoms with E-state index in [-0.39, 0.29) is 10.8 Å². The van der Waals surface area contributed by atoms with Gasteiger partial charge in [-0.25, -0.2) is 13.4 Å². The fraction of sp³-hybridized carbons (Fsp3) is 0.391. The number of sulfonamides is 1. The summed E-state index contributed by atoms with van der Waals surface area (Å²) in [5.41, 5.74) is 2.25. The van der Waals surface area contributed by atoms with E-state index in [1.807, 2.05) is 42.1 Å². The Balaban J connectivity index is 1.46. The van der Waals surface area contributed by atoms with Crippen molar-refractivity contribution in [1.29, 1.82) is 0 Å². The first kappa shape index (κ1) is 22.8. The number of aryl methyl sites for hydroxylation is 2.